The van der Waals surface area contributed by atoms with Crippen molar-refractivity contribution in [3.05, 3.63) is 24.0 Å². The van der Waals surface area contributed by atoms with Crippen LogP contribution in [-0.2, 0) is 0 Å². The van der Waals surface area contributed by atoms with Gasteiger partial charge < -0.3 is 14.7 Å². The van der Waals surface area contributed by atoms with Gasteiger partial charge in [0.25, 0.3) is 5.76 Å². The summed E-state index contributed by atoms with van der Waals surface area (Å²) in [6.07, 6.45) is 0. The molecule has 0 saturated heterocycles. The molecule has 5 heteroatoms. The van der Waals surface area contributed by atoms with Crippen molar-refractivity contribution in [1.29, 1.82) is 0 Å². The highest BCUT2D eigenvalue weighted by molar-refractivity contribution is 6.01. The van der Waals surface area contributed by atoms with Gasteiger partial charge in [-0.1, -0.05) is 11.2 Å². The lowest BCUT2D eigenvalue weighted by Crippen LogP contribution is -1.93. The zero-order valence-corrected chi connectivity index (χ0v) is 6.39. The summed E-state index contributed by atoms with van der Waals surface area (Å²) in [5, 5.41) is 21.6. The first-order valence-corrected chi connectivity index (χ1v) is 3.51. The molecule has 13 heavy (non-hydrogen) atoms. The highest BCUT2D eigenvalue weighted by Crippen LogP contribution is 2.25. The van der Waals surface area contributed by atoms with E-state index in [2.05, 4.69) is 9.68 Å². The van der Waals surface area contributed by atoms with Crippen molar-refractivity contribution in [3.63, 3.8) is 0 Å². The number of aromatic carboxylic acids is 1. The van der Waals surface area contributed by atoms with Gasteiger partial charge in [-0.2, -0.15) is 0 Å². The number of benzene rings is 1. The van der Waals surface area contributed by atoms with E-state index in [0.717, 1.165) is 0 Å². The van der Waals surface area contributed by atoms with Gasteiger partial charge in [-0.25, -0.2) is 4.79 Å². The van der Waals surface area contributed by atoms with Gasteiger partial charge in [-0.05, 0) is 12.1 Å². The van der Waals surface area contributed by atoms with Crippen LogP contribution in [0.15, 0.2) is 22.7 Å². The van der Waals surface area contributed by atoms with Crippen LogP contribution in [0.3, 0.4) is 0 Å². The molecule has 5 nitrogen and oxygen atoms in total. The van der Waals surface area contributed by atoms with Crippen LogP contribution in [0.2, 0.25) is 0 Å². The van der Waals surface area contributed by atoms with E-state index in [0.29, 0.717) is 5.39 Å². The van der Waals surface area contributed by atoms with Crippen LogP contribution in [0.4, 0.5) is 0 Å². The van der Waals surface area contributed by atoms with E-state index in [1.54, 1.807) is 0 Å². The molecule has 0 aliphatic rings. The van der Waals surface area contributed by atoms with Crippen LogP contribution < -0.4 is 0 Å². The molecule has 2 N–H and O–H groups in total. The molecule has 0 radical (unpaired) electrons. The normalized spacial score (nSPS) is 10.5. The first-order chi connectivity index (χ1) is 6.20. The van der Waals surface area contributed by atoms with Crippen LogP contribution in [0.5, 0.6) is 5.75 Å². The number of rotatable bonds is 1. The molecule has 0 amide bonds. The van der Waals surface area contributed by atoms with E-state index in [9.17, 15) is 9.90 Å². The lowest BCUT2D eigenvalue weighted by atomic mass is 10.2. The molecule has 2 rings (SSSR count). The number of phenols is 1. The minimum absolute atomic E-state index is 0.0891. The van der Waals surface area contributed by atoms with Crippen molar-refractivity contribution < 1.29 is 19.5 Å². The van der Waals surface area contributed by atoms with Crippen molar-refractivity contribution in [2.75, 3.05) is 0 Å². The molecule has 66 valence electrons. The summed E-state index contributed by atoms with van der Waals surface area (Å²) < 4.78 is 4.55. The lowest BCUT2D eigenvalue weighted by Gasteiger charge is -1.89. The Morgan fingerprint density at radius 2 is 2.23 bits per heavy atom. The van der Waals surface area contributed by atoms with E-state index in [-0.39, 0.29) is 17.0 Å². The smallest absolute Gasteiger partial charge is 0.375 e. The zero-order chi connectivity index (χ0) is 9.42. The molecule has 1 aromatic carbocycles. The number of fused-ring (bicyclic) bond motifs is 1. The Balaban J connectivity index is 2.83. The standard InChI is InChI=1S/C8H5NO4/c10-5-3-1-2-4-6(5)9-13-7(4)8(11)12/h1-3,10H,(H,11,12). The number of nitrogens with zero attached hydrogens (tertiary/aromatic N) is 1. The number of aromatic nitrogens is 1. The molecule has 0 spiro atoms. The van der Waals surface area contributed by atoms with Gasteiger partial charge >= 0.3 is 5.97 Å². The van der Waals surface area contributed by atoms with Crippen LogP contribution in [0.25, 0.3) is 10.9 Å². The zero-order valence-electron chi connectivity index (χ0n) is 6.39. The predicted octanol–water partition coefficient (Wildman–Crippen LogP) is 1.23. The van der Waals surface area contributed by atoms with Crippen molar-refractivity contribution >= 4 is 16.9 Å². The van der Waals surface area contributed by atoms with Crippen molar-refractivity contribution in [1.82, 2.24) is 5.16 Å². The average molecular weight is 179 g/mol. The van der Waals surface area contributed by atoms with Gasteiger partial charge in [0.2, 0.25) is 0 Å². The fourth-order valence-corrected chi connectivity index (χ4v) is 1.11. The summed E-state index contributed by atoms with van der Waals surface area (Å²) in [6, 6.07) is 4.47. The van der Waals surface area contributed by atoms with Gasteiger partial charge in [0.1, 0.15) is 5.75 Å². The molecule has 0 atom stereocenters. The maximum atomic E-state index is 10.6. The lowest BCUT2D eigenvalue weighted by molar-refractivity contribution is 0.0655. The largest absolute Gasteiger partial charge is 0.506 e. The second kappa shape index (κ2) is 2.48. The SMILES string of the molecule is O=C(O)c1onc2c(O)cccc12. The van der Waals surface area contributed by atoms with Crippen molar-refractivity contribution in [2.24, 2.45) is 0 Å². The second-order valence-corrected chi connectivity index (χ2v) is 2.49. The predicted molar refractivity (Wildman–Crippen MR) is 42.6 cm³/mol. The molecule has 1 aromatic heterocycles. The molecule has 0 bridgehead atoms. The quantitative estimate of drug-likeness (QED) is 0.687. The first kappa shape index (κ1) is 7.60. The Morgan fingerprint density at radius 1 is 1.46 bits per heavy atom. The highest BCUT2D eigenvalue weighted by atomic mass is 16.5. The molecule has 0 aliphatic carbocycles. The van der Waals surface area contributed by atoms with Crippen LogP contribution in [0, 0.1) is 0 Å². The summed E-state index contributed by atoms with van der Waals surface area (Å²) in [4.78, 5) is 10.6. The fourth-order valence-electron chi connectivity index (χ4n) is 1.11. The maximum Gasteiger partial charge on any atom is 0.375 e. The fraction of sp³-hybridized carbons (Fsp3) is 0. The number of hydrogen-bond donors (Lipinski definition) is 2. The van der Waals surface area contributed by atoms with E-state index in [4.69, 9.17) is 5.11 Å². The number of hydrogen-bond acceptors (Lipinski definition) is 4. The van der Waals surface area contributed by atoms with Crippen molar-refractivity contribution in [2.45, 2.75) is 0 Å². The summed E-state index contributed by atoms with van der Waals surface area (Å²) in [5.74, 6) is -1.55. The Hall–Kier alpha value is -2.04. The van der Waals surface area contributed by atoms with Crippen LogP contribution in [-0.4, -0.2) is 21.3 Å². The number of phenolic OH excluding ortho intramolecular Hbond substituents is 1. The summed E-state index contributed by atoms with van der Waals surface area (Å²) in [6.45, 7) is 0. The average Bonchev–Trinajstić information content (AvgIpc) is 2.48. The Kier molecular flexibility index (Phi) is 1.45. The molecule has 0 saturated carbocycles. The molecule has 0 aliphatic heterocycles. The van der Waals surface area contributed by atoms with E-state index in [1.807, 2.05) is 0 Å². The maximum absolute atomic E-state index is 10.6. The number of carboxylic acid groups (broad SMARTS) is 1. The third kappa shape index (κ3) is 1.01. The highest BCUT2D eigenvalue weighted by Gasteiger charge is 2.16. The molecule has 2 aromatic rings. The monoisotopic (exact) mass is 179 g/mol. The van der Waals surface area contributed by atoms with Crippen LogP contribution in [0.1, 0.15) is 10.6 Å². The Morgan fingerprint density at radius 3 is 2.92 bits per heavy atom. The van der Waals surface area contributed by atoms with Gasteiger partial charge in [0.05, 0.1) is 5.39 Å². The van der Waals surface area contributed by atoms with Crippen molar-refractivity contribution in [3.8, 4) is 5.75 Å². The minimum Gasteiger partial charge on any atom is -0.506 e. The van der Waals surface area contributed by atoms with E-state index >= 15 is 0 Å². The summed E-state index contributed by atoms with van der Waals surface area (Å²) in [5.41, 5.74) is 0.167. The van der Waals surface area contributed by atoms with Crippen LogP contribution >= 0.6 is 0 Å². The third-order valence-corrected chi connectivity index (χ3v) is 1.68. The van der Waals surface area contributed by atoms with Gasteiger partial charge in [-0.15, -0.1) is 0 Å². The summed E-state index contributed by atoms with van der Waals surface area (Å²) in [7, 11) is 0. The molecule has 0 fully saturated rings. The number of carboxylic acids is 1. The molecular weight excluding hydrogens is 174 g/mol. The minimum atomic E-state index is -1.20. The van der Waals surface area contributed by atoms with E-state index < -0.39 is 5.97 Å². The third-order valence-electron chi connectivity index (χ3n) is 1.68. The first-order valence-electron chi connectivity index (χ1n) is 3.51. The molecule has 1 heterocycles. The van der Waals surface area contributed by atoms with Gasteiger partial charge in [0, 0.05) is 0 Å². The molecular formula is C8H5NO4. The topological polar surface area (TPSA) is 83.6 Å². The van der Waals surface area contributed by atoms with E-state index in [1.165, 1.54) is 18.2 Å². The Labute approximate surface area is 72.2 Å². The number of aromatic hydroxyl groups is 1. The Bertz CT molecular complexity index is 474. The molecule has 0 unspecified atom stereocenters. The van der Waals surface area contributed by atoms with Gasteiger partial charge in [-0.3, -0.25) is 0 Å². The van der Waals surface area contributed by atoms with Gasteiger partial charge in [0.15, 0.2) is 5.52 Å². The summed E-state index contributed by atoms with van der Waals surface area (Å²) >= 11 is 0. The number of carbonyl (C=O) groups is 1. The second-order valence-electron chi connectivity index (χ2n) is 2.49.